The Hall–Kier alpha value is -3.19. The smallest absolute Gasteiger partial charge is 0.271 e. The van der Waals surface area contributed by atoms with Gasteiger partial charge in [0.25, 0.3) is 5.91 Å². The zero-order chi connectivity index (χ0) is 25.2. The molecule has 3 rings (SSSR count). The Labute approximate surface area is 219 Å². The molecule has 9 heteroatoms. The minimum Gasteiger partial charge on any atom is -0.490 e. The maximum absolute atomic E-state index is 12.5. The van der Waals surface area contributed by atoms with E-state index in [0.29, 0.717) is 56.7 Å². The lowest BCUT2D eigenvalue weighted by Crippen LogP contribution is -2.17. The van der Waals surface area contributed by atoms with Crippen LogP contribution in [0, 0.1) is 0 Å². The molecular formula is C26H23Cl3N2O4. The molecule has 0 saturated carbocycles. The summed E-state index contributed by atoms with van der Waals surface area (Å²) in [6.07, 6.45) is 3.06. The van der Waals surface area contributed by atoms with E-state index in [0.717, 1.165) is 5.56 Å². The Morgan fingerprint density at radius 1 is 0.971 bits per heavy atom. The number of halogens is 3. The van der Waals surface area contributed by atoms with Crippen LogP contribution in [0.4, 0.5) is 0 Å². The van der Waals surface area contributed by atoms with Crippen molar-refractivity contribution in [1.82, 2.24) is 5.43 Å². The largest absolute Gasteiger partial charge is 0.490 e. The van der Waals surface area contributed by atoms with Gasteiger partial charge < -0.3 is 14.2 Å². The maximum atomic E-state index is 12.5. The van der Waals surface area contributed by atoms with Crippen LogP contribution in [0.1, 0.15) is 28.4 Å². The molecule has 0 atom stereocenters. The molecule has 0 saturated heterocycles. The van der Waals surface area contributed by atoms with Crippen molar-refractivity contribution >= 4 is 46.9 Å². The van der Waals surface area contributed by atoms with Crippen LogP contribution in [0.2, 0.25) is 15.1 Å². The SMILES string of the molecule is C=CCOc1ccc(C(=O)N/N=C/c2cc(Cl)c(OCc3ccccc3Cl)c(Cl)c2)cc1OCC. The molecule has 0 aliphatic rings. The topological polar surface area (TPSA) is 69.2 Å². The normalized spacial score (nSPS) is 10.7. The number of benzene rings is 3. The second-order valence-corrected chi connectivity index (χ2v) is 8.31. The van der Waals surface area contributed by atoms with Crippen LogP contribution in [-0.4, -0.2) is 25.3 Å². The number of rotatable bonds is 11. The molecule has 182 valence electrons. The summed E-state index contributed by atoms with van der Waals surface area (Å²) in [6, 6.07) is 15.5. The van der Waals surface area contributed by atoms with E-state index in [-0.39, 0.29) is 6.61 Å². The summed E-state index contributed by atoms with van der Waals surface area (Å²) in [5.74, 6) is 0.885. The maximum Gasteiger partial charge on any atom is 0.271 e. The summed E-state index contributed by atoms with van der Waals surface area (Å²) >= 11 is 18.9. The summed E-state index contributed by atoms with van der Waals surface area (Å²) in [4.78, 5) is 12.5. The molecule has 6 nitrogen and oxygen atoms in total. The van der Waals surface area contributed by atoms with Crippen molar-refractivity contribution in [1.29, 1.82) is 0 Å². The highest BCUT2D eigenvalue weighted by Gasteiger charge is 2.13. The summed E-state index contributed by atoms with van der Waals surface area (Å²) < 4.78 is 16.9. The molecule has 0 fully saturated rings. The number of hydrogen-bond donors (Lipinski definition) is 1. The average molecular weight is 534 g/mol. The monoisotopic (exact) mass is 532 g/mol. The van der Waals surface area contributed by atoms with Gasteiger partial charge in [-0.15, -0.1) is 0 Å². The molecule has 35 heavy (non-hydrogen) atoms. The van der Waals surface area contributed by atoms with Crippen LogP contribution in [0.25, 0.3) is 0 Å². The van der Waals surface area contributed by atoms with Crippen LogP contribution >= 0.6 is 34.8 Å². The van der Waals surface area contributed by atoms with E-state index < -0.39 is 5.91 Å². The molecule has 0 aromatic heterocycles. The summed E-state index contributed by atoms with van der Waals surface area (Å²) in [7, 11) is 0. The first-order chi connectivity index (χ1) is 16.9. The molecule has 0 radical (unpaired) electrons. The highest BCUT2D eigenvalue weighted by Crippen LogP contribution is 2.35. The molecule has 0 heterocycles. The van der Waals surface area contributed by atoms with Crippen molar-refractivity contribution < 1.29 is 19.0 Å². The van der Waals surface area contributed by atoms with Gasteiger partial charge in [-0.2, -0.15) is 5.10 Å². The third kappa shape index (κ3) is 7.39. The number of carbonyl (C=O) groups is 1. The van der Waals surface area contributed by atoms with Crippen molar-refractivity contribution in [3.8, 4) is 17.2 Å². The average Bonchev–Trinajstić information content (AvgIpc) is 2.84. The Balaban J connectivity index is 1.65. The first kappa shape index (κ1) is 26.4. The molecule has 0 aliphatic heterocycles. The third-order valence-corrected chi connectivity index (χ3v) is 5.52. The van der Waals surface area contributed by atoms with Crippen molar-refractivity contribution in [2.24, 2.45) is 5.10 Å². The first-order valence-electron chi connectivity index (χ1n) is 10.6. The lowest BCUT2D eigenvalue weighted by molar-refractivity contribution is 0.0954. The molecule has 0 bridgehead atoms. The van der Waals surface area contributed by atoms with E-state index in [1.807, 2.05) is 25.1 Å². The van der Waals surface area contributed by atoms with Crippen LogP contribution < -0.4 is 19.6 Å². The predicted octanol–water partition coefficient (Wildman–Crippen LogP) is 6.95. The zero-order valence-corrected chi connectivity index (χ0v) is 21.2. The van der Waals surface area contributed by atoms with Crippen molar-refractivity contribution in [3.63, 3.8) is 0 Å². The second kappa shape index (κ2) is 13.0. The van der Waals surface area contributed by atoms with E-state index in [4.69, 9.17) is 49.0 Å². The van der Waals surface area contributed by atoms with Crippen molar-refractivity contribution in [2.45, 2.75) is 13.5 Å². The molecule has 0 spiro atoms. The van der Waals surface area contributed by atoms with Crippen molar-refractivity contribution in [2.75, 3.05) is 13.2 Å². The fourth-order valence-electron chi connectivity index (χ4n) is 2.97. The van der Waals surface area contributed by atoms with Crippen LogP contribution in [0.5, 0.6) is 17.2 Å². The van der Waals surface area contributed by atoms with E-state index in [1.165, 1.54) is 6.21 Å². The summed E-state index contributed by atoms with van der Waals surface area (Å²) in [5, 5.41) is 5.19. The van der Waals surface area contributed by atoms with Gasteiger partial charge in [-0.1, -0.05) is 65.7 Å². The van der Waals surface area contributed by atoms with Gasteiger partial charge in [0.1, 0.15) is 13.2 Å². The second-order valence-electron chi connectivity index (χ2n) is 7.09. The Kier molecular flexibility index (Phi) is 9.85. The number of hydrazone groups is 1. The van der Waals surface area contributed by atoms with Crippen molar-refractivity contribution in [3.05, 3.63) is 99.0 Å². The van der Waals surface area contributed by atoms with E-state index in [2.05, 4.69) is 17.1 Å². The quantitative estimate of drug-likeness (QED) is 0.164. The number of amides is 1. The third-order valence-electron chi connectivity index (χ3n) is 4.59. The minimum absolute atomic E-state index is 0.212. The fraction of sp³-hybridized carbons (Fsp3) is 0.154. The standard InChI is InChI=1S/C26H23Cl3N2O4/c1-3-11-34-23-10-9-18(14-24(23)33-4-2)26(32)31-30-15-17-12-21(28)25(22(29)13-17)35-16-19-7-5-6-8-20(19)27/h3,5-10,12-15H,1,4,11,16H2,2H3,(H,31,32)/b30-15+. The Bertz CT molecular complexity index is 1210. The number of nitrogens with one attached hydrogen (secondary N) is 1. The van der Waals surface area contributed by atoms with Crippen LogP contribution in [0.3, 0.4) is 0 Å². The molecule has 3 aromatic carbocycles. The number of ether oxygens (including phenoxy) is 3. The highest BCUT2D eigenvalue weighted by molar-refractivity contribution is 6.37. The number of carbonyl (C=O) groups excluding carboxylic acids is 1. The highest BCUT2D eigenvalue weighted by atomic mass is 35.5. The van der Waals surface area contributed by atoms with E-state index in [1.54, 1.807) is 42.5 Å². The van der Waals surface area contributed by atoms with Gasteiger partial charge in [0.2, 0.25) is 0 Å². The molecule has 3 aromatic rings. The summed E-state index contributed by atoms with van der Waals surface area (Å²) in [6.45, 7) is 6.43. The fourth-order valence-corrected chi connectivity index (χ4v) is 3.78. The first-order valence-corrected chi connectivity index (χ1v) is 11.8. The van der Waals surface area contributed by atoms with Gasteiger partial charge >= 0.3 is 0 Å². The van der Waals surface area contributed by atoms with Crippen LogP contribution in [-0.2, 0) is 6.61 Å². The molecular weight excluding hydrogens is 511 g/mol. The zero-order valence-electron chi connectivity index (χ0n) is 18.9. The molecule has 1 amide bonds. The number of nitrogens with zero attached hydrogens (tertiary/aromatic N) is 1. The van der Waals surface area contributed by atoms with Gasteiger partial charge in [0.05, 0.1) is 22.9 Å². The number of hydrogen-bond acceptors (Lipinski definition) is 5. The van der Waals surface area contributed by atoms with E-state index in [9.17, 15) is 4.79 Å². The van der Waals surface area contributed by atoms with Gasteiger partial charge in [-0.25, -0.2) is 5.43 Å². The van der Waals surface area contributed by atoms with Gasteiger partial charge in [0.15, 0.2) is 17.2 Å². The van der Waals surface area contributed by atoms with Gasteiger partial charge in [0, 0.05) is 16.1 Å². The van der Waals surface area contributed by atoms with Gasteiger partial charge in [-0.05, 0) is 48.9 Å². The minimum atomic E-state index is -0.422. The Morgan fingerprint density at radius 3 is 2.40 bits per heavy atom. The molecule has 1 N–H and O–H groups in total. The molecule has 0 aliphatic carbocycles. The molecule has 0 unspecified atom stereocenters. The Morgan fingerprint density at radius 2 is 1.71 bits per heavy atom. The summed E-state index contributed by atoms with van der Waals surface area (Å²) in [5.41, 5.74) is 4.21. The lowest BCUT2D eigenvalue weighted by atomic mass is 10.2. The van der Waals surface area contributed by atoms with Crippen LogP contribution in [0.15, 0.2) is 72.4 Å². The van der Waals surface area contributed by atoms with Gasteiger partial charge in [-0.3, -0.25) is 4.79 Å². The lowest BCUT2D eigenvalue weighted by Gasteiger charge is -2.12. The predicted molar refractivity (Wildman–Crippen MR) is 141 cm³/mol. The van der Waals surface area contributed by atoms with E-state index >= 15 is 0 Å².